The quantitative estimate of drug-likeness (QED) is 0.411. The number of nitrogens with zero attached hydrogens (tertiary/aromatic N) is 2. The summed E-state index contributed by atoms with van der Waals surface area (Å²) in [6.45, 7) is 1.97. The molecule has 2 aromatic carbocycles. The van der Waals surface area contributed by atoms with Crippen molar-refractivity contribution in [3.8, 4) is 11.1 Å². The number of carbonyl (C=O) groups is 1. The summed E-state index contributed by atoms with van der Waals surface area (Å²) in [5.74, 6) is 0.0917. The molecule has 31 heavy (non-hydrogen) atoms. The molecule has 5 aromatic rings. The van der Waals surface area contributed by atoms with E-state index in [2.05, 4.69) is 10.4 Å². The van der Waals surface area contributed by atoms with Gasteiger partial charge in [-0.15, -0.1) is 11.3 Å². The van der Waals surface area contributed by atoms with E-state index in [1.165, 1.54) is 23.7 Å². The van der Waals surface area contributed by atoms with Gasteiger partial charge >= 0.3 is 0 Å². The summed E-state index contributed by atoms with van der Waals surface area (Å²) in [5.41, 5.74) is 4.79. The second-order valence-corrected chi connectivity index (χ2v) is 8.20. The fourth-order valence-electron chi connectivity index (χ4n) is 3.53. The van der Waals surface area contributed by atoms with Gasteiger partial charge in [-0.25, -0.2) is 9.66 Å². The second-order valence-electron chi connectivity index (χ2n) is 7.00. The summed E-state index contributed by atoms with van der Waals surface area (Å²) in [7, 11) is 0. The second kappa shape index (κ2) is 7.70. The Morgan fingerprint density at radius 1 is 1.13 bits per heavy atom. The summed E-state index contributed by atoms with van der Waals surface area (Å²) >= 11 is 1.46. The van der Waals surface area contributed by atoms with Gasteiger partial charge in [-0.3, -0.25) is 15.0 Å². The Kier molecular flexibility index (Phi) is 4.72. The van der Waals surface area contributed by atoms with Crippen molar-refractivity contribution >= 4 is 44.5 Å². The molecule has 3 heterocycles. The first-order chi connectivity index (χ1) is 15.1. The van der Waals surface area contributed by atoms with E-state index in [1.807, 2.05) is 67.6 Å². The number of fused-ring (bicyclic) bond motifs is 2. The van der Waals surface area contributed by atoms with E-state index in [9.17, 15) is 9.59 Å². The molecule has 0 unspecified atom stereocenters. The molecule has 5 rings (SSSR count). The largest absolute Gasteiger partial charge is 0.457 e. The Bertz CT molecular complexity index is 1480. The van der Waals surface area contributed by atoms with E-state index >= 15 is 0 Å². The molecule has 0 saturated carbocycles. The molecule has 0 fully saturated rings. The van der Waals surface area contributed by atoms with Gasteiger partial charge in [0.2, 0.25) is 0 Å². The first kappa shape index (κ1) is 19.0. The fourth-order valence-corrected chi connectivity index (χ4v) is 4.54. The summed E-state index contributed by atoms with van der Waals surface area (Å²) < 4.78 is 6.79. The molecular weight excluding hydrogens is 410 g/mol. The number of aromatic nitrogens is 2. The maximum absolute atomic E-state index is 13.1. The van der Waals surface area contributed by atoms with Crippen LogP contribution in [0.3, 0.4) is 0 Å². The molecule has 0 aliphatic carbocycles. The average Bonchev–Trinajstić information content (AvgIpc) is 3.35. The zero-order valence-electron chi connectivity index (χ0n) is 16.5. The van der Waals surface area contributed by atoms with Crippen molar-refractivity contribution in [1.29, 1.82) is 0 Å². The molecular formula is C24H17N3O3S. The minimum atomic E-state index is -0.461. The van der Waals surface area contributed by atoms with E-state index in [0.717, 1.165) is 31.6 Å². The summed E-state index contributed by atoms with van der Waals surface area (Å²) in [4.78, 5) is 31.6. The summed E-state index contributed by atoms with van der Waals surface area (Å²) in [6, 6.07) is 19.2. The topological polar surface area (TPSA) is 77.1 Å². The van der Waals surface area contributed by atoms with Gasteiger partial charge < -0.3 is 4.42 Å². The Morgan fingerprint density at radius 3 is 2.71 bits per heavy atom. The molecule has 0 atom stereocenters. The molecule has 1 amide bonds. The highest BCUT2D eigenvalue weighted by Crippen LogP contribution is 2.35. The number of aryl methyl sites for hydroxylation is 1. The molecule has 0 aliphatic rings. The number of amides is 1. The number of carbonyl (C=O) groups excluding carboxylic acids is 1. The van der Waals surface area contributed by atoms with Crippen molar-refractivity contribution in [3.63, 3.8) is 0 Å². The third kappa shape index (κ3) is 3.55. The van der Waals surface area contributed by atoms with Crippen molar-refractivity contribution < 1.29 is 9.21 Å². The third-order valence-electron chi connectivity index (χ3n) is 4.93. The maximum Gasteiger partial charge on any atom is 0.281 e. The number of para-hydroxylation sites is 1. The molecule has 1 N–H and O–H groups in total. The first-order valence-electron chi connectivity index (χ1n) is 9.64. The molecule has 0 radical (unpaired) electrons. The number of nitrogens with one attached hydrogen (secondary N) is 1. The van der Waals surface area contributed by atoms with Crippen LogP contribution in [-0.4, -0.2) is 15.6 Å². The normalized spacial score (nSPS) is 11.5. The third-order valence-corrected chi connectivity index (χ3v) is 5.94. The highest BCUT2D eigenvalue weighted by atomic mass is 32.1. The van der Waals surface area contributed by atoms with Gasteiger partial charge in [0, 0.05) is 21.9 Å². The van der Waals surface area contributed by atoms with E-state index < -0.39 is 5.91 Å². The molecule has 0 spiro atoms. The van der Waals surface area contributed by atoms with Gasteiger partial charge in [-0.2, -0.15) is 0 Å². The maximum atomic E-state index is 13.1. The lowest BCUT2D eigenvalue weighted by Crippen LogP contribution is -2.32. The summed E-state index contributed by atoms with van der Waals surface area (Å²) in [5, 5.41) is 1.45. The first-order valence-corrected chi connectivity index (χ1v) is 10.5. The van der Waals surface area contributed by atoms with Crippen LogP contribution in [0.25, 0.3) is 38.4 Å². The van der Waals surface area contributed by atoms with Gasteiger partial charge in [0.1, 0.15) is 22.5 Å². The lowest BCUT2D eigenvalue weighted by Gasteiger charge is -2.06. The number of hydrogen-bond donors (Lipinski definition) is 1. The highest BCUT2D eigenvalue weighted by molar-refractivity contribution is 7.19. The number of benzene rings is 2. The van der Waals surface area contributed by atoms with Crippen molar-refractivity contribution in [2.45, 2.75) is 6.92 Å². The van der Waals surface area contributed by atoms with Crippen LogP contribution in [0.5, 0.6) is 0 Å². The zero-order chi connectivity index (χ0) is 21.4. The van der Waals surface area contributed by atoms with Crippen LogP contribution < -0.4 is 11.0 Å². The molecule has 0 aliphatic heterocycles. The minimum absolute atomic E-state index is 0.321. The Morgan fingerprint density at radius 2 is 1.90 bits per heavy atom. The number of rotatable bonds is 4. The molecule has 3 aromatic heterocycles. The number of hydrogen-bond acceptors (Lipinski definition) is 5. The van der Waals surface area contributed by atoms with Crippen LogP contribution in [0.4, 0.5) is 0 Å². The molecule has 152 valence electrons. The molecule has 0 bridgehead atoms. The number of furan rings is 1. The lowest BCUT2D eigenvalue weighted by atomic mass is 10.0. The predicted octanol–water partition coefficient (Wildman–Crippen LogP) is 4.96. The highest BCUT2D eigenvalue weighted by Gasteiger charge is 2.17. The number of thiophene rings is 1. The van der Waals surface area contributed by atoms with Crippen LogP contribution in [0.1, 0.15) is 10.6 Å². The van der Waals surface area contributed by atoms with Crippen LogP contribution >= 0.6 is 11.3 Å². The van der Waals surface area contributed by atoms with Crippen molar-refractivity contribution in [3.05, 3.63) is 94.1 Å². The van der Waals surface area contributed by atoms with Crippen molar-refractivity contribution in [2.75, 3.05) is 5.43 Å². The summed E-state index contributed by atoms with van der Waals surface area (Å²) in [6.07, 6.45) is 4.23. The van der Waals surface area contributed by atoms with Crippen LogP contribution in [-0.2, 0) is 4.79 Å². The monoisotopic (exact) mass is 427 g/mol. The zero-order valence-corrected chi connectivity index (χ0v) is 17.3. The van der Waals surface area contributed by atoms with Crippen LogP contribution in [0.15, 0.2) is 82.3 Å². The SMILES string of the molecule is Cc1sc2ncn(NC(=O)/C=C/c3cc4ccccc4o3)c(=O)c2c1-c1ccccc1. The fraction of sp³-hybridized carbons (Fsp3) is 0.0417. The van der Waals surface area contributed by atoms with E-state index in [-0.39, 0.29) is 5.56 Å². The van der Waals surface area contributed by atoms with Crippen LogP contribution in [0.2, 0.25) is 0 Å². The Balaban J connectivity index is 1.45. The predicted molar refractivity (Wildman–Crippen MR) is 124 cm³/mol. The lowest BCUT2D eigenvalue weighted by molar-refractivity contribution is -0.112. The van der Waals surface area contributed by atoms with E-state index in [0.29, 0.717) is 16.0 Å². The standard InChI is InChI=1S/C24H17N3O3S/c1-15-21(16-7-3-2-4-8-16)22-23(31-15)25-14-27(24(22)29)26-20(28)12-11-18-13-17-9-5-6-10-19(17)30-18/h2-14H,1H3,(H,26,28)/b12-11+. The van der Waals surface area contributed by atoms with Crippen molar-refractivity contribution in [1.82, 2.24) is 9.66 Å². The van der Waals surface area contributed by atoms with Crippen LogP contribution in [0, 0.1) is 6.92 Å². The average molecular weight is 427 g/mol. The smallest absolute Gasteiger partial charge is 0.281 e. The van der Waals surface area contributed by atoms with E-state index in [1.54, 1.807) is 6.08 Å². The molecule has 7 heteroatoms. The Hall–Kier alpha value is -3.97. The minimum Gasteiger partial charge on any atom is -0.457 e. The molecule has 6 nitrogen and oxygen atoms in total. The molecule has 0 saturated heterocycles. The van der Waals surface area contributed by atoms with Gasteiger partial charge in [0.25, 0.3) is 11.5 Å². The van der Waals surface area contributed by atoms with Gasteiger partial charge in [-0.05, 0) is 30.7 Å². The van der Waals surface area contributed by atoms with Gasteiger partial charge in [-0.1, -0.05) is 48.5 Å². The Labute approximate surface area is 181 Å². The van der Waals surface area contributed by atoms with E-state index in [4.69, 9.17) is 4.42 Å². The van der Waals surface area contributed by atoms with Crippen molar-refractivity contribution in [2.24, 2.45) is 0 Å². The van der Waals surface area contributed by atoms with Gasteiger partial charge in [0.05, 0.1) is 5.39 Å². The van der Waals surface area contributed by atoms with Gasteiger partial charge in [0.15, 0.2) is 0 Å².